The Labute approximate surface area is 791 Å². The number of halogens is 8. The number of aryl methyl sites for hydroxylation is 2. The number of rotatable bonds is 18. The number of Topliss-reactive ketones (excluding diaryl/α,β-unsaturated/α-hetero) is 2. The van der Waals surface area contributed by atoms with E-state index in [0.29, 0.717) is 70.0 Å². The van der Waals surface area contributed by atoms with E-state index in [4.69, 9.17) is 121 Å². The molecule has 16 rings (SSSR count). The minimum absolute atomic E-state index is 0.0590. The molecular weight excluding hydrogens is 1790 g/mol. The van der Waals surface area contributed by atoms with Crippen molar-refractivity contribution in [1.82, 2.24) is 0 Å². The molecule has 6 heterocycles. The Hall–Kier alpha value is -6.42. The number of thioether (sulfide) groups is 1. The average Bonchev–Trinajstić information content (AvgIpc) is 0.794. The van der Waals surface area contributed by atoms with Gasteiger partial charge in [0.2, 0.25) is 0 Å². The monoisotopic (exact) mass is 1900 g/mol. The van der Waals surface area contributed by atoms with Crippen molar-refractivity contribution in [3.8, 4) is 0 Å². The maximum Gasteiger partial charge on any atom is 0.183 e. The van der Waals surface area contributed by atoms with Gasteiger partial charge in [-0.15, -0.1) is 11.8 Å². The van der Waals surface area contributed by atoms with Crippen molar-refractivity contribution >= 4 is 126 Å². The molecule has 22 heteroatoms. The zero-order valence-corrected chi connectivity index (χ0v) is 80.1. The Balaban J connectivity index is 0.000000164. The van der Waals surface area contributed by atoms with Crippen LogP contribution in [0.5, 0.6) is 0 Å². The highest BCUT2D eigenvalue weighted by atomic mass is 35.5. The van der Waals surface area contributed by atoms with Crippen LogP contribution in [0.25, 0.3) is 0 Å². The number of carbonyl (C=O) groups excluding carboxylic acids is 2. The lowest BCUT2D eigenvalue weighted by Crippen LogP contribution is -2.32. The maximum atomic E-state index is 12.7. The standard InChI is InChI=1S/C18H19ClO3S.C18H19ClOS.C12H15ClO.C12H13ClO.C11H13ClO2.C11H11ClO2.C11H15ClO.C11H13ClO/c1-13-3-2-4-16(11-13)23(20,21)17-9-10-18(22-12-17)14-5-7-15(19)8-6-14;1-13-3-2-4-16(11-13)21-17-9-10-18(20-12-17)14-5-7-15(19)8-6-14;2*1-9-2-7-12(14-8-9)10-3-5-11(13)6-4-10;2*12-9-3-1-8(2-4-9)11-6-5-10(13)7-14-11;2*1-2-3-4-11(13)9-5-7-10(12)8-6-9/h2-8,11,17-18H,9-10,12H2,1H3;2-8,11,17-18H,9-10,12H2,1H3;3-6,9,12H,2,7-8H2,1H3;3-6,12H,1-2,7-8H2;1-4,10-11,13H,5-7H2;1-4,11H,5-7H2;5-8,11,13H,2-4H2,1H3;5-8H,2-4H2,1H3. The van der Waals surface area contributed by atoms with Gasteiger partial charge in [0, 0.05) is 75.3 Å². The maximum absolute atomic E-state index is 12.7. The molecule has 2 N–H and O–H groups in total. The predicted molar refractivity (Wildman–Crippen MR) is 520 cm³/mol. The average molecular weight is 1910 g/mol. The summed E-state index contributed by atoms with van der Waals surface area (Å²) in [6, 6.07) is 76.8. The van der Waals surface area contributed by atoms with Gasteiger partial charge in [-0.1, -0.05) is 260 Å². The van der Waals surface area contributed by atoms with Crippen molar-refractivity contribution in [2.75, 3.05) is 39.6 Å². The molecule has 674 valence electrons. The van der Waals surface area contributed by atoms with E-state index >= 15 is 0 Å². The Morgan fingerprint density at radius 3 is 1.20 bits per heavy atom. The van der Waals surface area contributed by atoms with Crippen molar-refractivity contribution in [2.24, 2.45) is 5.92 Å². The number of aliphatic hydroxyl groups is 2. The van der Waals surface area contributed by atoms with E-state index in [1.54, 1.807) is 42.5 Å². The van der Waals surface area contributed by atoms with Crippen molar-refractivity contribution in [3.05, 3.63) is 351 Å². The molecule has 10 aromatic rings. The Kier molecular flexibility index (Phi) is 45.1. The first-order chi connectivity index (χ1) is 60.7. The van der Waals surface area contributed by atoms with Crippen molar-refractivity contribution < 1.29 is 56.6 Å². The third kappa shape index (κ3) is 36.4. The highest BCUT2D eigenvalue weighted by Crippen LogP contribution is 2.39. The fourth-order valence-corrected chi connectivity index (χ4v) is 18.5. The number of aliphatic hydroxyl groups excluding tert-OH is 2. The summed E-state index contributed by atoms with van der Waals surface area (Å²) in [4.78, 5) is 24.1. The summed E-state index contributed by atoms with van der Waals surface area (Å²) in [6.45, 7) is 17.7. The quantitative estimate of drug-likeness (QED) is 0.0617. The largest absolute Gasteiger partial charge is 0.391 e. The first-order valence-electron chi connectivity index (χ1n) is 43.5. The van der Waals surface area contributed by atoms with E-state index < -0.39 is 15.1 Å². The molecule has 0 saturated carbocycles. The van der Waals surface area contributed by atoms with E-state index in [-0.39, 0.29) is 73.6 Å². The summed E-state index contributed by atoms with van der Waals surface area (Å²) in [7, 11) is -3.34. The van der Waals surface area contributed by atoms with Gasteiger partial charge in [-0.05, 0) is 281 Å². The van der Waals surface area contributed by atoms with Gasteiger partial charge in [0.15, 0.2) is 21.4 Å². The van der Waals surface area contributed by atoms with Gasteiger partial charge < -0.3 is 38.6 Å². The van der Waals surface area contributed by atoms with Crippen LogP contribution in [-0.2, 0) is 43.1 Å². The van der Waals surface area contributed by atoms with Gasteiger partial charge in [0.25, 0.3) is 0 Å². The summed E-state index contributed by atoms with van der Waals surface area (Å²) in [5.41, 5.74) is 12.1. The van der Waals surface area contributed by atoms with Crippen LogP contribution in [0, 0.1) is 19.8 Å². The lowest BCUT2D eigenvalue weighted by molar-refractivity contribution is -0.131. The Morgan fingerprint density at radius 1 is 0.437 bits per heavy atom. The van der Waals surface area contributed by atoms with Gasteiger partial charge >= 0.3 is 0 Å². The van der Waals surface area contributed by atoms with Gasteiger partial charge in [0.05, 0.1) is 85.4 Å². The first kappa shape index (κ1) is 103. The third-order valence-corrected chi connectivity index (χ3v) is 27.5. The molecule has 6 aliphatic heterocycles. The Bertz CT molecular complexity index is 4810. The van der Waals surface area contributed by atoms with Gasteiger partial charge in [-0.2, -0.15) is 0 Å². The summed E-state index contributed by atoms with van der Waals surface area (Å²) >= 11 is 48.4. The molecule has 0 amide bonds. The van der Waals surface area contributed by atoms with E-state index in [2.05, 4.69) is 82.8 Å². The fraction of sp³-hybridized carbons (Fsp3) is 0.385. The van der Waals surface area contributed by atoms with E-state index in [1.165, 1.54) is 45.6 Å². The predicted octanol–water partition coefficient (Wildman–Crippen LogP) is 30.2. The fourth-order valence-electron chi connectivity index (χ4n) is 14.6. The SMILES string of the molecule is C=C1CCC(c2ccc(Cl)cc2)OC1.CC1CCC(c2ccc(Cl)cc2)OC1.CCCCC(=O)c1ccc(Cl)cc1.CCCCC(O)c1ccc(Cl)cc1.Cc1cccc(S(=O)(=O)C2CCC(c3ccc(Cl)cc3)OC2)c1.Cc1cccc(SC2CCC(c3ccc(Cl)cc3)OC2)c1.O=C1CCC(c2ccc(Cl)cc2)OC1.OC1CCC(c2ccc(Cl)cc2)OC1. The minimum atomic E-state index is -3.34. The molecule has 0 aromatic heterocycles. The number of hydrogen-bond acceptors (Lipinski definition) is 13. The van der Waals surface area contributed by atoms with Crippen LogP contribution in [0.4, 0.5) is 0 Å². The zero-order valence-electron chi connectivity index (χ0n) is 72.4. The van der Waals surface area contributed by atoms with Crippen LogP contribution in [0.3, 0.4) is 0 Å². The van der Waals surface area contributed by atoms with Crippen LogP contribution in [-0.4, -0.2) is 86.4 Å². The lowest BCUT2D eigenvalue weighted by Gasteiger charge is -2.29. The van der Waals surface area contributed by atoms with Crippen LogP contribution in [0.1, 0.15) is 240 Å². The molecule has 6 aliphatic rings. The highest BCUT2D eigenvalue weighted by Gasteiger charge is 2.34. The topological polar surface area (TPSA) is 164 Å². The minimum Gasteiger partial charge on any atom is -0.391 e. The zero-order chi connectivity index (χ0) is 90.3. The van der Waals surface area contributed by atoms with Crippen molar-refractivity contribution in [2.45, 2.75) is 219 Å². The van der Waals surface area contributed by atoms with Crippen molar-refractivity contribution in [1.29, 1.82) is 0 Å². The number of ketones is 2. The van der Waals surface area contributed by atoms with Gasteiger partial charge in [-0.25, -0.2) is 8.42 Å². The van der Waals surface area contributed by atoms with Gasteiger partial charge in [0.1, 0.15) is 6.61 Å². The molecule has 11 unspecified atom stereocenters. The Morgan fingerprint density at radius 2 is 0.825 bits per heavy atom. The lowest BCUT2D eigenvalue weighted by atomic mass is 9.96. The normalized spacial score (nSPS) is 21.2. The first-order valence-corrected chi connectivity index (χ1v) is 49.0. The van der Waals surface area contributed by atoms with Crippen molar-refractivity contribution in [3.63, 3.8) is 0 Å². The molecule has 126 heavy (non-hydrogen) atoms. The molecule has 0 radical (unpaired) electrons. The molecule has 6 saturated heterocycles. The number of carbonyl (C=O) groups is 2. The second-order valence-corrected chi connectivity index (χ2v) is 39.5. The van der Waals surface area contributed by atoms with E-state index in [0.717, 1.165) is 149 Å². The summed E-state index contributed by atoms with van der Waals surface area (Å²) in [6.07, 6.45) is 17.0. The molecule has 0 bridgehead atoms. The van der Waals surface area contributed by atoms with Crippen LogP contribution in [0.2, 0.25) is 40.2 Å². The molecule has 0 spiro atoms. The number of hydrogen-bond donors (Lipinski definition) is 2. The van der Waals surface area contributed by atoms with E-state index in [9.17, 15) is 28.2 Å². The third-order valence-electron chi connectivity index (χ3n) is 22.1. The van der Waals surface area contributed by atoms with Gasteiger partial charge in [-0.3, -0.25) is 9.59 Å². The number of unbranched alkanes of at least 4 members (excludes halogenated alkanes) is 2. The van der Waals surface area contributed by atoms with Crippen LogP contribution >= 0.6 is 105 Å². The molecule has 0 aliphatic carbocycles. The summed E-state index contributed by atoms with van der Waals surface area (Å²) in [5.74, 6) is 1.10. The van der Waals surface area contributed by atoms with Crippen LogP contribution in [0.15, 0.2) is 265 Å². The second kappa shape index (κ2) is 55.0. The number of sulfone groups is 1. The summed E-state index contributed by atoms with van der Waals surface area (Å²) < 4.78 is 59.7. The molecule has 10 aromatic carbocycles. The smallest absolute Gasteiger partial charge is 0.183 e. The molecule has 11 atom stereocenters. The molecule has 12 nitrogen and oxygen atoms in total. The number of ether oxygens (including phenoxy) is 6. The summed E-state index contributed by atoms with van der Waals surface area (Å²) in [5, 5.41) is 24.9. The molecular formula is C104H118Cl8O12S2. The van der Waals surface area contributed by atoms with E-state index in [1.807, 2.05) is 170 Å². The second-order valence-electron chi connectivity index (χ2n) is 32.4. The highest BCUT2D eigenvalue weighted by molar-refractivity contribution is 8.00. The van der Waals surface area contributed by atoms with Crippen LogP contribution < -0.4 is 0 Å². The number of benzene rings is 10. The molecule has 6 fully saturated rings.